The molecule has 24 heavy (non-hydrogen) atoms. The van der Waals surface area contributed by atoms with Crippen LogP contribution in [-0.2, 0) is 19.7 Å². The average molecular weight is 359 g/mol. The van der Waals surface area contributed by atoms with Crippen molar-refractivity contribution in [3.8, 4) is 0 Å². The van der Waals surface area contributed by atoms with Crippen LogP contribution in [0.2, 0.25) is 0 Å². The predicted molar refractivity (Wildman–Crippen MR) is 88.2 cm³/mol. The fourth-order valence-electron chi connectivity index (χ4n) is 2.53. The molecule has 134 valence electrons. The van der Waals surface area contributed by atoms with Gasteiger partial charge in [0.1, 0.15) is 5.82 Å². The Kier molecular flexibility index (Phi) is 5.92. The molecule has 0 aliphatic carbocycles. The quantitative estimate of drug-likeness (QED) is 0.852. The molecule has 2 rings (SSSR count). The number of rotatable bonds is 5. The molecule has 1 aliphatic heterocycles. The second kappa shape index (κ2) is 7.56. The van der Waals surface area contributed by atoms with Crippen LogP contribution in [0.3, 0.4) is 0 Å². The number of amides is 1. The minimum atomic E-state index is -3.76. The number of likely N-dealkylation sites (N-methyl/N-ethyl adjacent to an activating group) is 1. The van der Waals surface area contributed by atoms with Gasteiger partial charge < -0.3 is 10.1 Å². The molecule has 0 aromatic heterocycles. The van der Waals surface area contributed by atoms with E-state index in [-0.39, 0.29) is 31.8 Å². The normalized spacial score (nSPS) is 22.5. The highest BCUT2D eigenvalue weighted by molar-refractivity contribution is 7.86. The average Bonchev–Trinajstić information content (AvgIpc) is 2.48. The second-order valence-corrected chi connectivity index (χ2v) is 7.93. The number of halogens is 1. The van der Waals surface area contributed by atoms with E-state index in [9.17, 15) is 17.6 Å². The van der Waals surface area contributed by atoms with E-state index in [0.29, 0.717) is 5.69 Å². The zero-order chi connectivity index (χ0) is 17.9. The van der Waals surface area contributed by atoms with Crippen molar-refractivity contribution in [1.29, 1.82) is 0 Å². The van der Waals surface area contributed by atoms with Crippen LogP contribution in [0.15, 0.2) is 24.3 Å². The van der Waals surface area contributed by atoms with Gasteiger partial charge in [0.05, 0.1) is 18.8 Å². The van der Waals surface area contributed by atoms with Crippen molar-refractivity contribution in [2.75, 3.05) is 32.0 Å². The molecule has 1 fully saturated rings. The maximum Gasteiger partial charge on any atom is 0.282 e. The van der Waals surface area contributed by atoms with Crippen molar-refractivity contribution < 1.29 is 22.3 Å². The molecular weight excluding hydrogens is 337 g/mol. The summed E-state index contributed by atoms with van der Waals surface area (Å²) in [5.41, 5.74) is 0.404. The molecular formula is C15H22FN3O4S. The summed E-state index contributed by atoms with van der Waals surface area (Å²) in [6.07, 6.45) is -0.407. The van der Waals surface area contributed by atoms with Crippen LogP contribution in [0.4, 0.5) is 10.1 Å². The maximum atomic E-state index is 12.8. The van der Waals surface area contributed by atoms with Crippen molar-refractivity contribution in [2.24, 2.45) is 0 Å². The Balaban J connectivity index is 1.98. The van der Waals surface area contributed by atoms with Crippen LogP contribution in [0.1, 0.15) is 13.8 Å². The van der Waals surface area contributed by atoms with Crippen LogP contribution in [0.25, 0.3) is 0 Å². The van der Waals surface area contributed by atoms with Gasteiger partial charge >= 0.3 is 0 Å². The lowest BCUT2D eigenvalue weighted by molar-refractivity contribution is -0.116. The topological polar surface area (TPSA) is 79.0 Å². The molecule has 1 aromatic rings. The van der Waals surface area contributed by atoms with Gasteiger partial charge in [-0.1, -0.05) is 0 Å². The van der Waals surface area contributed by atoms with Crippen molar-refractivity contribution >= 4 is 21.8 Å². The lowest BCUT2D eigenvalue weighted by Gasteiger charge is -2.36. The Labute approximate surface area is 141 Å². The number of nitrogens with zero attached hydrogens (tertiary/aromatic N) is 2. The number of carbonyl (C=O) groups excluding carboxylic acids is 1. The Hall–Kier alpha value is -1.55. The minimum absolute atomic E-state index is 0.204. The van der Waals surface area contributed by atoms with E-state index in [1.165, 1.54) is 35.6 Å². The van der Waals surface area contributed by atoms with E-state index in [4.69, 9.17) is 4.74 Å². The molecule has 0 spiro atoms. The largest absolute Gasteiger partial charge is 0.373 e. The molecule has 0 saturated carbocycles. The van der Waals surface area contributed by atoms with Crippen molar-refractivity contribution in [3.05, 3.63) is 30.1 Å². The van der Waals surface area contributed by atoms with Gasteiger partial charge in [0, 0.05) is 25.8 Å². The molecule has 1 aliphatic rings. The highest BCUT2D eigenvalue weighted by Crippen LogP contribution is 2.16. The van der Waals surface area contributed by atoms with E-state index in [0.717, 1.165) is 4.31 Å². The fraction of sp³-hybridized carbons (Fsp3) is 0.533. The Morgan fingerprint density at radius 2 is 1.83 bits per heavy atom. The predicted octanol–water partition coefficient (Wildman–Crippen LogP) is 1.05. The van der Waals surface area contributed by atoms with Gasteiger partial charge in [-0.3, -0.25) is 4.79 Å². The summed E-state index contributed by atoms with van der Waals surface area (Å²) >= 11 is 0. The van der Waals surface area contributed by atoms with Gasteiger partial charge in [0.25, 0.3) is 10.2 Å². The Morgan fingerprint density at radius 1 is 1.29 bits per heavy atom. The maximum absolute atomic E-state index is 12.8. The number of nitrogens with one attached hydrogen (secondary N) is 1. The summed E-state index contributed by atoms with van der Waals surface area (Å²) in [6, 6.07) is 5.25. The van der Waals surface area contributed by atoms with Crippen LogP contribution in [0, 0.1) is 5.82 Å². The fourth-order valence-corrected chi connectivity index (χ4v) is 4.01. The van der Waals surface area contributed by atoms with Crippen LogP contribution >= 0.6 is 0 Å². The smallest absolute Gasteiger partial charge is 0.282 e. The first-order chi connectivity index (χ1) is 11.2. The van der Waals surface area contributed by atoms with Gasteiger partial charge in [0.2, 0.25) is 5.91 Å². The summed E-state index contributed by atoms with van der Waals surface area (Å²) in [6.45, 7) is 3.77. The molecule has 0 unspecified atom stereocenters. The first-order valence-corrected chi connectivity index (χ1v) is 9.00. The number of morpholine rings is 1. The number of anilines is 1. The van der Waals surface area contributed by atoms with Crippen LogP contribution < -0.4 is 5.32 Å². The van der Waals surface area contributed by atoms with Gasteiger partial charge in [-0.05, 0) is 38.1 Å². The van der Waals surface area contributed by atoms with Gasteiger partial charge in [-0.15, -0.1) is 0 Å². The van der Waals surface area contributed by atoms with Crippen molar-refractivity contribution in [1.82, 2.24) is 8.61 Å². The molecule has 1 saturated heterocycles. The SMILES string of the molecule is C[C@@H]1CN(S(=O)(=O)N(C)CC(=O)Nc2ccc(F)cc2)C[C@@H](C)O1. The minimum Gasteiger partial charge on any atom is -0.373 e. The van der Waals surface area contributed by atoms with Crippen LogP contribution in [-0.4, -0.2) is 61.8 Å². The molecule has 9 heteroatoms. The highest BCUT2D eigenvalue weighted by atomic mass is 32.2. The first-order valence-electron chi connectivity index (χ1n) is 7.61. The van der Waals surface area contributed by atoms with Gasteiger partial charge in [-0.2, -0.15) is 17.0 Å². The standard InChI is InChI=1S/C15H22FN3O4S/c1-11-8-19(9-12(2)23-11)24(21,22)18(3)10-15(20)17-14-6-4-13(16)5-7-14/h4-7,11-12H,8-10H2,1-3H3,(H,17,20)/t11-,12-/m1/s1. The number of carbonyl (C=O) groups is 1. The lowest BCUT2D eigenvalue weighted by atomic mass is 10.3. The second-order valence-electron chi connectivity index (χ2n) is 5.89. The lowest BCUT2D eigenvalue weighted by Crippen LogP contribution is -2.53. The molecule has 1 amide bonds. The number of hydrogen-bond donors (Lipinski definition) is 1. The van der Waals surface area contributed by atoms with Crippen molar-refractivity contribution in [2.45, 2.75) is 26.1 Å². The van der Waals surface area contributed by atoms with Crippen molar-refractivity contribution in [3.63, 3.8) is 0 Å². The van der Waals surface area contributed by atoms with E-state index >= 15 is 0 Å². The molecule has 2 atom stereocenters. The summed E-state index contributed by atoms with van der Waals surface area (Å²) in [5.74, 6) is -0.912. The Bertz CT molecular complexity index is 670. The number of hydrogen-bond acceptors (Lipinski definition) is 4. The molecule has 1 N–H and O–H groups in total. The number of ether oxygens (including phenoxy) is 1. The van der Waals surface area contributed by atoms with E-state index in [2.05, 4.69) is 5.32 Å². The van der Waals surface area contributed by atoms with Gasteiger partial charge in [0.15, 0.2) is 0 Å². The molecule has 7 nitrogen and oxygen atoms in total. The van der Waals surface area contributed by atoms with Gasteiger partial charge in [-0.25, -0.2) is 4.39 Å². The summed E-state index contributed by atoms with van der Waals surface area (Å²) in [5, 5.41) is 2.54. The molecule has 0 bridgehead atoms. The summed E-state index contributed by atoms with van der Waals surface area (Å²) in [4.78, 5) is 12.0. The van der Waals surface area contributed by atoms with E-state index in [1.807, 2.05) is 0 Å². The third kappa shape index (κ3) is 4.73. The molecule has 1 heterocycles. The Morgan fingerprint density at radius 3 is 2.38 bits per heavy atom. The number of benzene rings is 1. The third-order valence-corrected chi connectivity index (χ3v) is 5.47. The summed E-state index contributed by atoms with van der Waals surface area (Å²) < 4.78 is 45.8. The monoisotopic (exact) mass is 359 g/mol. The molecule has 0 radical (unpaired) electrons. The third-order valence-electron chi connectivity index (χ3n) is 3.60. The summed E-state index contributed by atoms with van der Waals surface area (Å²) in [7, 11) is -2.40. The van der Waals surface area contributed by atoms with E-state index in [1.54, 1.807) is 13.8 Å². The zero-order valence-electron chi connectivity index (χ0n) is 13.9. The van der Waals surface area contributed by atoms with E-state index < -0.39 is 21.9 Å². The highest BCUT2D eigenvalue weighted by Gasteiger charge is 2.34. The molecule has 1 aromatic carbocycles. The van der Waals surface area contributed by atoms with Crippen LogP contribution in [0.5, 0.6) is 0 Å². The zero-order valence-corrected chi connectivity index (χ0v) is 14.7. The first kappa shape index (κ1) is 18.8.